The number of fused-ring (bicyclic) bond motifs is 1. The maximum Gasteiger partial charge on any atom is 0.239 e. The second-order valence-corrected chi connectivity index (χ2v) is 7.07. The van der Waals surface area contributed by atoms with Gasteiger partial charge in [0.2, 0.25) is 5.91 Å². The lowest BCUT2D eigenvalue weighted by Crippen LogP contribution is -2.53. The average molecular weight is 345 g/mol. The molecule has 138 valence electrons. The zero-order valence-corrected chi connectivity index (χ0v) is 15.0. The van der Waals surface area contributed by atoms with Crippen LogP contribution in [0.2, 0.25) is 0 Å². The predicted molar refractivity (Wildman–Crippen MR) is 99.2 cm³/mol. The van der Waals surface area contributed by atoms with Gasteiger partial charge in [-0.25, -0.2) is 0 Å². The molecular formula is C19H31N5O. The van der Waals surface area contributed by atoms with Gasteiger partial charge >= 0.3 is 0 Å². The van der Waals surface area contributed by atoms with Crippen molar-refractivity contribution < 1.29 is 4.79 Å². The Bertz CT molecular complexity index is 559. The molecule has 1 aromatic rings. The number of unbranched alkanes of at least 4 members (excludes halogenated alkanes) is 1. The Morgan fingerprint density at radius 1 is 1.40 bits per heavy atom. The van der Waals surface area contributed by atoms with Crippen molar-refractivity contribution in [2.45, 2.75) is 50.6 Å². The van der Waals surface area contributed by atoms with Crippen LogP contribution in [0.1, 0.15) is 49.4 Å². The summed E-state index contributed by atoms with van der Waals surface area (Å²) in [6.07, 6.45) is 7.93. The number of carbonyl (C=O) groups is 1. The van der Waals surface area contributed by atoms with E-state index in [4.69, 9.17) is 5.73 Å². The molecule has 1 saturated heterocycles. The molecule has 1 amide bonds. The largest absolute Gasteiger partial charge is 0.339 e. The molecule has 1 aromatic heterocycles. The van der Waals surface area contributed by atoms with E-state index < -0.39 is 0 Å². The standard InChI is InChI=1S/C19H31N5O/c20-9-2-1-7-17(19(25)24-13-11-21-12-14-24)23-16-8-3-5-15-6-4-10-22-18(15)16/h4,6,10,16-17,21,23H,1-3,5,7-9,11-14,20H2. The zero-order chi connectivity index (χ0) is 17.5. The molecule has 0 radical (unpaired) electrons. The smallest absolute Gasteiger partial charge is 0.239 e. The topological polar surface area (TPSA) is 83.3 Å². The number of pyridine rings is 1. The van der Waals surface area contributed by atoms with Gasteiger partial charge in [-0.15, -0.1) is 0 Å². The molecule has 25 heavy (non-hydrogen) atoms. The molecule has 1 fully saturated rings. The maximum atomic E-state index is 13.1. The van der Waals surface area contributed by atoms with E-state index in [0.717, 1.165) is 70.4 Å². The Morgan fingerprint density at radius 2 is 2.24 bits per heavy atom. The van der Waals surface area contributed by atoms with Gasteiger partial charge in [0.1, 0.15) is 0 Å². The quantitative estimate of drug-likeness (QED) is 0.642. The van der Waals surface area contributed by atoms with Gasteiger partial charge < -0.3 is 16.0 Å². The van der Waals surface area contributed by atoms with Gasteiger partial charge in [0.25, 0.3) is 0 Å². The third kappa shape index (κ3) is 4.77. The number of rotatable bonds is 7. The maximum absolute atomic E-state index is 13.1. The minimum Gasteiger partial charge on any atom is -0.339 e. The van der Waals surface area contributed by atoms with Crippen molar-refractivity contribution in [2.75, 3.05) is 32.7 Å². The van der Waals surface area contributed by atoms with E-state index in [-0.39, 0.29) is 18.0 Å². The molecule has 1 aliphatic carbocycles. The monoisotopic (exact) mass is 345 g/mol. The number of hydrogen-bond donors (Lipinski definition) is 3. The Kier molecular flexibility index (Phi) is 6.78. The predicted octanol–water partition coefficient (Wildman–Crippen LogP) is 0.978. The van der Waals surface area contributed by atoms with E-state index in [0.29, 0.717) is 6.54 Å². The van der Waals surface area contributed by atoms with Gasteiger partial charge in [0, 0.05) is 32.4 Å². The highest BCUT2D eigenvalue weighted by molar-refractivity contribution is 5.82. The zero-order valence-electron chi connectivity index (χ0n) is 15.0. The number of nitrogens with zero attached hydrogens (tertiary/aromatic N) is 2. The van der Waals surface area contributed by atoms with E-state index in [1.54, 1.807) is 0 Å². The van der Waals surface area contributed by atoms with Gasteiger partial charge in [-0.05, 0) is 50.3 Å². The minimum atomic E-state index is -0.136. The molecule has 6 nitrogen and oxygen atoms in total. The number of hydrogen-bond acceptors (Lipinski definition) is 5. The molecule has 2 heterocycles. The van der Waals surface area contributed by atoms with Crippen molar-refractivity contribution in [3.63, 3.8) is 0 Å². The fourth-order valence-electron chi connectivity index (χ4n) is 3.89. The van der Waals surface area contributed by atoms with Crippen molar-refractivity contribution in [1.29, 1.82) is 0 Å². The van der Waals surface area contributed by atoms with E-state index in [1.807, 2.05) is 17.2 Å². The van der Waals surface area contributed by atoms with E-state index in [9.17, 15) is 4.79 Å². The summed E-state index contributed by atoms with van der Waals surface area (Å²) in [5.41, 5.74) is 8.10. The number of aromatic nitrogens is 1. The number of carbonyl (C=O) groups excluding carboxylic acids is 1. The van der Waals surface area contributed by atoms with Crippen LogP contribution in [0.3, 0.4) is 0 Å². The van der Waals surface area contributed by atoms with Crippen molar-refractivity contribution in [1.82, 2.24) is 20.5 Å². The van der Waals surface area contributed by atoms with Gasteiger partial charge in [-0.1, -0.05) is 12.5 Å². The van der Waals surface area contributed by atoms with Crippen molar-refractivity contribution in [2.24, 2.45) is 5.73 Å². The Morgan fingerprint density at radius 3 is 3.04 bits per heavy atom. The summed E-state index contributed by atoms with van der Waals surface area (Å²) >= 11 is 0. The highest BCUT2D eigenvalue weighted by Gasteiger charge is 2.30. The number of amides is 1. The van der Waals surface area contributed by atoms with Crippen LogP contribution >= 0.6 is 0 Å². The Labute approximate surface area is 150 Å². The number of nitrogens with one attached hydrogen (secondary N) is 2. The van der Waals surface area contributed by atoms with Crippen molar-refractivity contribution in [3.8, 4) is 0 Å². The summed E-state index contributed by atoms with van der Waals surface area (Å²) in [7, 11) is 0. The first-order valence-corrected chi connectivity index (χ1v) is 9.69. The summed E-state index contributed by atoms with van der Waals surface area (Å²) < 4.78 is 0. The molecule has 4 N–H and O–H groups in total. The highest BCUT2D eigenvalue weighted by atomic mass is 16.2. The molecule has 1 aliphatic heterocycles. The Hall–Kier alpha value is -1.50. The third-order valence-corrected chi connectivity index (χ3v) is 5.27. The third-order valence-electron chi connectivity index (χ3n) is 5.27. The molecule has 0 bridgehead atoms. The highest BCUT2D eigenvalue weighted by Crippen LogP contribution is 2.28. The van der Waals surface area contributed by atoms with Crippen LogP contribution in [0.4, 0.5) is 0 Å². The van der Waals surface area contributed by atoms with Crippen LogP contribution in [-0.4, -0.2) is 54.6 Å². The van der Waals surface area contributed by atoms with E-state index >= 15 is 0 Å². The van der Waals surface area contributed by atoms with Crippen LogP contribution in [0, 0.1) is 0 Å². The minimum absolute atomic E-state index is 0.136. The summed E-state index contributed by atoms with van der Waals surface area (Å²) in [5.74, 6) is 0.238. The van der Waals surface area contributed by atoms with Gasteiger partial charge in [0.15, 0.2) is 0 Å². The number of aryl methyl sites for hydroxylation is 1. The van der Waals surface area contributed by atoms with Crippen LogP contribution in [0.15, 0.2) is 18.3 Å². The van der Waals surface area contributed by atoms with Crippen LogP contribution in [0.5, 0.6) is 0 Å². The summed E-state index contributed by atoms with van der Waals surface area (Å²) in [5, 5.41) is 6.97. The van der Waals surface area contributed by atoms with Crippen molar-refractivity contribution >= 4 is 5.91 Å². The molecule has 6 heteroatoms. The second-order valence-electron chi connectivity index (χ2n) is 7.07. The normalized spacial score (nSPS) is 21.6. The lowest BCUT2D eigenvalue weighted by molar-refractivity contribution is -0.134. The van der Waals surface area contributed by atoms with E-state index in [2.05, 4.69) is 21.7 Å². The SMILES string of the molecule is NCCCCC(NC1CCCc2cccnc21)C(=O)N1CCNCC1. The molecule has 0 aromatic carbocycles. The molecule has 2 unspecified atom stereocenters. The first-order valence-electron chi connectivity index (χ1n) is 9.69. The first kappa shape index (κ1) is 18.3. The van der Waals surface area contributed by atoms with E-state index in [1.165, 1.54) is 5.56 Å². The Balaban J connectivity index is 1.70. The average Bonchev–Trinajstić information content (AvgIpc) is 2.67. The second kappa shape index (κ2) is 9.27. The van der Waals surface area contributed by atoms with Crippen molar-refractivity contribution in [3.05, 3.63) is 29.6 Å². The van der Waals surface area contributed by atoms with Crippen LogP contribution in [0.25, 0.3) is 0 Å². The fraction of sp³-hybridized carbons (Fsp3) is 0.684. The number of piperazine rings is 1. The fourth-order valence-corrected chi connectivity index (χ4v) is 3.89. The summed E-state index contributed by atoms with van der Waals surface area (Å²) in [6, 6.07) is 4.21. The summed E-state index contributed by atoms with van der Waals surface area (Å²) in [6.45, 7) is 4.05. The lowest BCUT2D eigenvalue weighted by Gasteiger charge is -2.34. The molecule has 0 saturated carbocycles. The van der Waals surface area contributed by atoms with Crippen LogP contribution < -0.4 is 16.4 Å². The van der Waals surface area contributed by atoms with Gasteiger partial charge in [0.05, 0.1) is 17.8 Å². The molecular weight excluding hydrogens is 314 g/mol. The molecule has 3 rings (SSSR count). The lowest BCUT2D eigenvalue weighted by atomic mass is 9.91. The number of nitrogens with two attached hydrogens (primary N) is 1. The van der Waals surface area contributed by atoms with Gasteiger partial charge in [-0.2, -0.15) is 0 Å². The molecule has 2 aliphatic rings. The van der Waals surface area contributed by atoms with Gasteiger partial charge in [-0.3, -0.25) is 15.1 Å². The van der Waals surface area contributed by atoms with Crippen LogP contribution in [-0.2, 0) is 11.2 Å². The summed E-state index contributed by atoms with van der Waals surface area (Å²) in [4.78, 5) is 19.7. The molecule has 0 spiro atoms. The molecule has 2 atom stereocenters. The first-order chi connectivity index (χ1) is 12.3.